The fourth-order valence-corrected chi connectivity index (χ4v) is 5.97. The predicted molar refractivity (Wildman–Crippen MR) is 139 cm³/mol. The third kappa shape index (κ3) is 5.00. The Hall–Kier alpha value is -2.78. The monoisotopic (exact) mass is 480 g/mol. The predicted octanol–water partition coefficient (Wildman–Crippen LogP) is 4.06. The van der Waals surface area contributed by atoms with Gasteiger partial charge in [0.2, 0.25) is 5.96 Å². The Labute approximate surface area is 205 Å². The second kappa shape index (κ2) is 10.2. The molecule has 1 aromatic carbocycles. The van der Waals surface area contributed by atoms with Gasteiger partial charge in [0.05, 0.1) is 36.9 Å². The number of aryl methyl sites for hydroxylation is 1. The first kappa shape index (κ1) is 23.0. The Bertz CT molecular complexity index is 1120. The van der Waals surface area contributed by atoms with E-state index in [0.29, 0.717) is 12.6 Å². The van der Waals surface area contributed by atoms with Gasteiger partial charge in [0.1, 0.15) is 11.5 Å². The number of ether oxygens (including phenoxy) is 2. The number of allylic oxidation sites excluding steroid dienone is 1. The van der Waals surface area contributed by atoms with Crippen molar-refractivity contribution in [3.8, 4) is 11.5 Å². The molecule has 2 unspecified atom stereocenters. The van der Waals surface area contributed by atoms with E-state index >= 15 is 0 Å². The van der Waals surface area contributed by atoms with Gasteiger partial charge in [0.25, 0.3) is 0 Å². The summed E-state index contributed by atoms with van der Waals surface area (Å²) in [5.41, 5.74) is 3.11. The Morgan fingerprint density at radius 3 is 2.85 bits per heavy atom. The summed E-state index contributed by atoms with van der Waals surface area (Å²) >= 11 is 1.80. The number of aliphatic imine (C=N–C) groups is 2. The lowest BCUT2D eigenvalue weighted by Crippen LogP contribution is -2.28. The van der Waals surface area contributed by atoms with Crippen molar-refractivity contribution in [2.75, 3.05) is 38.7 Å². The van der Waals surface area contributed by atoms with Gasteiger partial charge < -0.3 is 19.7 Å². The number of hydrogen-bond donors (Lipinski definition) is 1. The zero-order chi connectivity index (χ0) is 23.5. The number of thioether (sulfide) groups is 1. The van der Waals surface area contributed by atoms with E-state index in [1.54, 1.807) is 29.8 Å². The maximum absolute atomic E-state index is 6.05. The van der Waals surface area contributed by atoms with Gasteiger partial charge in [0.15, 0.2) is 0 Å². The average Bonchev–Trinajstić information content (AvgIpc) is 3.57. The molecule has 1 saturated heterocycles. The summed E-state index contributed by atoms with van der Waals surface area (Å²) in [7, 11) is 3.60. The van der Waals surface area contributed by atoms with Gasteiger partial charge in [-0.3, -0.25) is 4.68 Å². The molecule has 0 saturated carbocycles. The highest BCUT2D eigenvalue weighted by Crippen LogP contribution is 2.47. The van der Waals surface area contributed by atoms with Crippen molar-refractivity contribution in [1.29, 1.82) is 0 Å². The molecule has 4 heterocycles. The lowest BCUT2D eigenvalue weighted by Gasteiger charge is -2.21. The van der Waals surface area contributed by atoms with Gasteiger partial charge in [-0.2, -0.15) is 5.10 Å². The second-order valence-electron chi connectivity index (χ2n) is 8.87. The van der Waals surface area contributed by atoms with Crippen molar-refractivity contribution >= 4 is 35.2 Å². The molecule has 0 radical (unpaired) electrons. The molecule has 0 aliphatic carbocycles. The molecule has 3 aliphatic rings. The summed E-state index contributed by atoms with van der Waals surface area (Å²) in [6.45, 7) is 6.42. The van der Waals surface area contributed by atoms with E-state index < -0.39 is 0 Å². The summed E-state index contributed by atoms with van der Waals surface area (Å²) in [6.07, 6.45) is 9.35. The summed E-state index contributed by atoms with van der Waals surface area (Å²) in [6, 6.07) is 6.12. The quantitative estimate of drug-likeness (QED) is 0.574. The lowest BCUT2D eigenvalue weighted by molar-refractivity contribution is 0.262. The molecule has 0 bridgehead atoms. The number of likely N-dealkylation sites (tertiary alicyclic amines) is 1. The van der Waals surface area contributed by atoms with Crippen LogP contribution in [0, 0.1) is 0 Å². The highest BCUT2D eigenvalue weighted by atomic mass is 32.2. The Morgan fingerprint density at radius 2 is 2.09 bits per heavy atom. The Balaban J connectivity index is 1.29. The van der Waals surface area contributed by atoms with Gasteiger partial charge in [-0.25, -0.2) is 9.98 Å². The van der Waals surface area contributed by atoms with Crippen molar-refractivity contribution in [2.45, 2.75) is 37.5 Å². The largest absolute Gasteiger partial charge is 0.496 e. The number of rotatable bonds is 8. The van der Waals surface area contributed by atoms with Gasteiger partial charge >= 0.3 is 0 Å². The molecular formula is C25H32N6O2S. The van der Waals surface area contributed by atoms with Crippen molar-refractivity contribution in [3.05, 3.63) is 41.1 Å². The third-order valence-corrected chi connectivity index (χ3v) is 7.64. The molecule has 0 spiro atoms. The van der Waals surface area contributed by atoms with Crippen LogP contribution in [-0.4, -0.2) is 71.5 Å². The van der Waals surface area contributed by atoms with Crippen molar-refractivity contribution in [3.63, 3.8) is 0 Å². The molecule has 8 nitrogen and oxygen atoms in total. The topological polar surface area (TPSA) is 76.3 Å². The van der Waals surface area contributed by atoms with Gasteiger partial charge in [-0.05, 0) is 61.9 Å². The number of fused-ring (bicyclic) bond motifs is 1. The molecule has 180 valence electrons. The summed E-state index contributed by atoms with van der Waals surface area (Å²) < 4.78 is 13.6. The number of methoxy groups -OCH3 is 1. The van der Waals surface area contributed by atoms with E-state index in [9.17, 15) is 0 Å². The summed E-state index contributed by atoms with van der Waals surface area (Å²) in [4.78, 5) is 13.3. The SMILES string of the molecule is COc1cc(OCCCN2CCCC2)ccc1C1=C(C)SC2C=NC(Nc3cnn(C)c3)=NC12. The van der Waals surface area contributed by atoms with Crippen LogP contribution in [0.4, 0.5) is 5.69 Å². The van der Waals surface area contributed by atoms with Gasteiger partial charge in [-0.15, -0.1) is 11.8 Å². The zero-order valence-corrected chi connectivity index (χ0v) is 20.8. The van der Waals surface area contributed by atoms with E-state index in [-0.39, 0.29) is 11.3 Å². The zero-order valence-electron chi connectivity index (χ0n) is 20.0. The molecule has 3 aliphatic heterocycles. The van der Waals surface area contributed by atoms with Crippen LogP contribution in [0.5, 0.6) is 11.5 Å². The minimum atomic E-state index is -0.0252. The van der Waals surface area contributed by atoms with Crippen LogP contribution in [0.15, 0.2) is 45.5 Å². The molecule has 1 N–H and O–H groups in total. The van der Waals surface area contributed by atoms with Crippen LogP contribution < -0.4 is 14.8 Å². The van der Waals surface area contributed by atoms with Crippen LogP contribution in [0.2, 0.25) is 0 Å². The van der Waals surface area contributed by atoms with Crippen molar-refractivity contribution in [1.82, 2.24) is 14.7 Å². The van der Waals surface area contributed by atoms with E-state index in [1.165, 1.54) is 36.4 Å². The van der Waals surface area contributed by atoms with Gasteiger partial charge in [0, 0.05) is 37.6 Å². The molecule has 2 aromatic rings. The number of nitrogens with zero attached hydrogens (tertiary/aromatic N) is 5. The Kier molecular flexibility index (Phi) is 6.92. The lowest BCUT2D eigenvalue weighted by atomic mass is 9.95. The number of guanidine groups is 1. The molecule has 1 aromatic heterocycles. The molecular weight excluding hydrogens is 448 g/mol. The fourth-order valence-electron chi connectivity index (χ4n) is 4.76. The maximum atomic E-state index is 6.05. The number of aromatic nitrogens is 2. The molecule has 0 amide bonds. The number of benzene rings is 1. The van der Waals surface area contributed by atoms with Crippen LogP contribution in [0.1, 0.15) is 31.7 Å². The van der Waals surface area contributed by atoms with Crippen molar-refractivity contribution in [2.24, 2.45) is 17.0 Å². The van der Waals surface area contributed by atoms with E-state index in [1.807, 2.05) is 31.6 Å². The molecule has 9 heteroatoms. The average molecular weight is 481 g/mol. The molecule has 2 atom stereocenters. The first-order valence-electron chi connectivity index (χ1n) is 11.9. The Morgan fingerprint density at radius 1 is 1.24 bits per heavy atom. The van der Waals surface area contributed by atoms with Crippen LogP contribution >= 0.6 is 11.8 Å². The minimum absolute atomic E-state index is 0.0252. The number of hydrogen-bond acceptors (Lipinski definition) is 8. The van der Waals surface area contributed by atoms with Crippen LogP contribution in [0.25, 0.3) is 5.57 Å². The maximum Gasteiger partial charge on any atom is 0.222 e. The molecule has 34 heavy (non-hydrogen) atoms. The second-order valence-corrected chi connectivity index (χ2v) is 10.3. The summed E-state index contributed by atoms with van der Waals surface area (Å²) in [5, 5.41) is 7.65. The van der Waals surface area contributed by atoms with Crippen LogP contribution in [-0.2, 0) is 7.05 Å². The smallest absolute Gasteiger partial charge is 0.222 e. The number of nitrogens with one attached hydrogen (secondary N) is 1. The molecule has 5 rings (SSSR count). The van der Waals surface area contributed by atoms with Gasteiger partial charge in [-0.1, -0.05) is 0 Å². The van der Waals surface area contributed by atoms with E-state index in [4.69, 9.17) is 14.5 Å². The number of anilines is 1. The van der Waals surface area contributed by atoms with Crippen LogP contribution in [0.3, 0.4) is 0 Å². The van der Waals surface area contributed by atoms with E-state index in [2.05, 4.69) is 33.3 Å². The summed E-state index contributed by atoms with van der Waals surface area (Å²) in [5.74, 6) is 2.25. The highest BCUT2D eigenvalue weighted by Gasteiger charge is 2.37. The minimum Gasteiger partial charge on any atom is -0.496 e. The first-order valence-corrected chi connectivity index (χ1v) is 12.8. The molecule has 1 fully saturated rings. The fraction of sp³-hybridized carbons (Fsp3) is 0.480. The van der Waals surface area contributed by atoms with E-state index in [0.717, 1.165) is 35.7 Å². The normalized spacial score (nSPS) is 22.1. The third-order valence-electron chi connectivity index (χ3n) is 6.41. The highest BCUT2D eigenvalue weighted by molar-refractivity contribution is 8.04. The standard InChI is InChI=1S/C25H32N6O2S/c1-17-23(24-22(34-17)15-26-25(29-24)28-18-14-27-30(2)16-18)20-8-7-19(13-21(20)32-3)33-12-6-11-31-9-4-5-10-31/h7-8,13-16,22,24H,4-6,9-12H2,1-3H3,(H,28,29). The first-order chi connectivity index (χ1) is 16.6. The van der Waals surface area contributed by atoms with Crippen molar-refractivity contribution < 1.29 is 9.47 Å².